The lowest BCUT2D eigenvalue weighted by molar-refractivity contribution is -0.0204. The highest BCUT2D eigenvalue weighted by Gasteiger charge is 2.42. The van der Waals surface area contributed by atoms with Crippen LogP contribution in [-0.4, -0.2) is 32.0 Å². The van der Waals surface area contributed by atoms with Crippen molar-refractivity contribution in [1.82, 2.24) is 5.01 Å². The average Bonchev–Trinajstić information content (AvgIpc) is 3.29. The molecular weight excluding hydrogens is 428 g/mol. The first kappa shape index (κ1) is 20.5. The van der Waals surface area contributed by atoms with Gasteiger partial charge >= 0.3 is 0 Å². The van der Waals surface area contributed by atoms with E-state index in [2.05, 4.69) is 0 Å². The molecule has 3 aromatic carbocycles. The number of ether oxygens (including phenoxy) is 4. The second-order valence-electron chi connectivity index (χ2n) is 7.64. The van der Waals surface area contributed by atoms with Gasteiger partial charge in [-0.15, -0.1) is 0 Å². The summed E-state index contributed by atoms with van der Waals surface area (Å²) in [6.07, 6.45) is 0.231. The van der Waals surface area contributed by atoms with E-state index in [0.717, 1.165) is 39.7 Å². The van der Waals surface area contributed by atoms with Crippen molar-refractivity contribution >= 4 is 17.3 Å². The monoisotopic (exact) mass is 450 g/mol. The molecule has 0 N–H and O–H groups in total. The van der Waals surface area contributed by atoms with Crippen LogP contribution in [0.25, 0.3) is 0 Å². The van der Waals surface area contributed by atoms with Gasteiger partial charge in [-0.05, 0) is 48.5 Å². The first-order valence-electron chi connectivity index (χ1n) is 10.3. The van der Waals surface area contributed by atoms with Crippen LogP contribution in [0.1, 0.15) is 35.4 Å². The molecule has 0 spiro atoms. The summed E-state index contributed by atoms with van der Waals surface area (Å²) in [5.74, 6) is 3.00. The molecule has 0 bridgehead atoms. The van der Waals surface area contributed by atoms with Gasteiger partial charge in [0.15, 0.2) is 0 Å². The molecule has 164 valence electrons. The summed E-state index contributed by atoms with van der Waals surface area (Å²) in [7, 11) is 4.95. The highest BCUT2D eigenvalue weighted by atomic mass is 35.5. The first-order chi connectivity index (χ1) is 15.6. The number of nitrogens with zero attached hydrogens (tertiary/aromatic N) is 2. The van der Waals surface area contributed by atoms with Crippen LogP contribution in [0.15, 0.2) is 65.8 Å². The van der Waals surface area contributed by atoms with Crippen molar-refractivity contribution in [2.24, 2.45) is 5.10 Å². The molecule has 3 aromatic rings. The molecule has 0 unspecified atom stereocenters. The second kappa shape index (κ2) is 8.28. The Morgan fingerprint density at radius 3 is 2.50 bits per heavy atom. The van der Waals surface area contributed by atoms with Gasteiger partial charge in [0.2, 0.25) is 6.23 Å². The molecule has 0 saturated heterocycles. The van der Waals surface area contributed by atoms with Gasteiger partial charge in [-0.2, -0.15) is 5.10 Å². The Balaban J connectivity index is 1.63. The van der Waals surface area contributed by atoms with E-state index in [1.54, 1.807) is 21.3 Å². The number of halogens is 1. The number of hydrazone groups is 1. The number of fused-ring (bicyclic) bond motifs is 3. The van der Waals surface area contributed by atoms with Crippen LogP contribution in [0.5, 0.6) is 23.0 Å². The van der Waals surface area contributed by atoms with Crippen LogP contribution >= 0.6 is 11.6 Å². The third-order valence-electron chi connectivity index (χ3n) is 5.86. The summed E-state index contributed by atoms with van der Waals surface area (Å²) in [5, 5.41) is 7.66. The molecule has 5 rings (SSSR count). The molecule has 0 saturated carbocycles. The molecule has 6 nitrogen and oxygen atoms in total. The Bertz CT molecular complexity index is 1200. The van der Waals surface area contributed by atoms with Crippen molar-refractivity contribution in [3.05, 3.63) is 82.4 Å². The molecule has 2 atom stereocenters. The van der Waals surface area contributed by atoms with Gasteiger partial charge in [0.1, 0.15) is 23.0 Å². The quantitative estimate of drug-likeness (QED) is 0.505. The van der Waals surface area contributed by atoms with Crippen molar-refractivity contribution in [3.63, 3.8) is 0 Å². The van der Waals surface area contributed by atoms with Crippen molar-refractivity contribution in [2.45, 2.75) is 18.7 Å². The predicted octanol–water partition coefficient (Wildman–Crippen LogP) is 5.61. The minimum absolute atomic E-state index is 0.0282. The third-order valence-corrected chi connectivity index (χ3v) is 6.09. The SMILES string of the molecule is COc1cccc(C2=NN3[C@@H](C2)c2cc(Cl)ccc2O[C@H]3c2cc(OC)ccc2OC)c1. The van der Waals surface area contributed by atoms with Gasteiger partial charge in [0.05, 0.1) is 38.6 Å². The first-order valence-corrected chi connectivity index (χ1v) is 10.7. The molecular formula is C25H23ClN2O4. The molecule has 0 aromatic heterocycles. The number of rotatable bonds is 5. The normalized spacial score (nSPS) is 18.9. The van der Waals surface area contributed by atoms with Gasteiger partial charge in [-0.25, -0.2) is 5.01 Å². The Hall–Kier alpha value is -3.38. The highest BCUT2D eigenvalue weighted by molar-refractivity contribution is 6.30. The Morgan fingerprint density at radius 2 is 1.72 bits per heavy atom. The maximum absolute atomic E-state index is 6.46. The number of hydrogen-bond donors (Lipinski definition) is 0. The van der Waals surface area contributed by atoms with E-state index in [1.807, 2.05) is 65.7 Å². The lowest BCUT2D eigenvalue weighted by atomic mass is 9.95. The standard InChI is InChI=1S/C25H23ClN2O4/c1-29-17-6-4-5-15(11-17)21-14-22-19-12-16(26)7-9-24(19)32-25(28(22)27-21)20-13-18(30-2)8-10-23(20)31-3/h4-13,22,25H,14H2,1-3H3/t22-,25-/m0/s1. The number of methoxy groups -OCH3 is 3. The minimum atomic E-state index is -0.484. The van der Waals surface area contributed by atoms with Gasteiger partial charge in [0, 0.05) is 22.6 Å². The smallest absolute Gasteiger partial charge is 0.217 e. The third kappa shape index (κ3) is 3.50. The van der Waals surface area contributed by atoms with E-state index in [-0.39, 0.29) is 6.04 Å². The molecule has 0 fully saturated rings. The summed E-state index contributed by atoms with van der Waals surface area (Å²) in [6, 6.07) is 19.3. The van der Waals surface area contributed by atoms with Crippen LogP contribution in [0.3, 0.4) is 0 Å². The van der Waals surface area contributed by atoms with E-state index in [1.165, 1.54) is 0 Å². The maximum Gasteiger partial charge on any atom is 0.217 e. The molecule has 32 heavy (non-hydrogen) atoms. The molecule has 0 aliphatic carbocycles. The average molecular weight is 451 g/mol. The van der Waals surface area contributed by atoms with Crippen LogP contribution in [0.4, 0.5) is 0 Å². The molecule has 0 radical (unpaired) electrons. The summed E-state index contributed by atoms with van der Waals surface area (Å²) < 4.78 is 23.0. The van der Waals surface area contributed by atoms with Gasteiger partial charge < -0.3 is 18.9 Å². The predicted molar refractivity (Wildman–Crippen MR) is 123 cm³/mol. The van der Waals surface area contributed by atoms with Crippen LogP contribution < -0.4 is 18.9 Å². The largest absolute Gasteiger partial charge is 0.497 e. The van der Waals surface area contributed by atoms with Gasteiger partial charge in [0.25, 0.3) is 0 Å². The lowest BCUT2D eigenvalue weighted by Gasteiger charge is -2.38. The summed E-state index contributed by atoms with van der Waals surface area (Å²) in [4.78, 5) is 0. The summed E-state index contributed by atoms with van der Waals surface area (Å²) in [6.45, 7) is 0. The van der Waals surface area contributed by atoms with Gasteiger partial charge in [-0.3, -0.25) is 0 Å². The molecule has 7 heteroatoms. The topological polar surface area (TPSA) is 52.5 Å². The van der Waals surface area contributed by atoms with Crippen molar-refractivity contribution < 1.29 is 18.9 Å². The zero-order valence-electron chi connectivity index (χ0n) is 18.0. The van der Waals surface area contributed by atoms with Crippen LogP contribution in [-0.2, 0) is 0 Å². The zero-order valence-corrected chi connectivity index (χ0v) is 18.8. The Morgan fingerprint density at radius 1 is 0.906 bits per heavy atom. The summed E-state index contributed by atoms with van der Waals surface area (Å²) in [5.41, 5.74) is 3.82. The molecule has 0 amide bonds. The Labute approximate surface area is 191 Å². The fourth-order valence-electron chi connectivity index (χ4n) is 4.27. The second-order valence-corrected chi connectivity index (χ2v) is 8.08. The van der Waals surface area contributed by atoms with E-state index < -0.39 is 6.23 Å². The van der Waals surface area contributed by atoms with E-state index in [4.69, 9.17) is 35.6 Å². The highest BCUT2D eigenvalue weighted by Crippen LogP contribution is 2.50. The number of benzene rings is 3. The van der Waals surface area contributed by atoms with E-state index in [0.29, 0.717) is 17.2 Å². The molecule has 2 aliphatic rings. The van der Waals surface area contributed by atoms with Crippen molar-refractivity contribution in [1.29, 1.82) is 0 Å². The van der Waals surface area contributed by atoms with E-state index >= 15 is 0 Å². The van der Waals surface area contributed by atoms with E-state index in [9.17, 15) is 0 Å². The van der Waals surface area contributed by atoms with Crippen molar-refractivity contribution in [2.75, 3.05) is 21.3 Å². The molecule has 2 aliphatic heterocycles. The zero-order chi connectivity index (χ0) is 22.2. The Kier molecular flexibility index (Phi) is 5.31. The number of hydrogen-bond acceptors (Lipinski definition) is 6. The van der Waals surface area contributed by atoms with Crippen molar-refractivity contribution in [3.8, 4) is 23.0 Å². The minimum Gasteiger partial charge on any atom is -0.497 e. The fourth-order valence-corrected chi connectivity index (χ4v) is 4.45. The van der Waals surface area contributed by atoms with Gasteiger partial charge in [-0.1, -0.05) is 23.7 Å². The lowest BCUT2D eigenvalue weighted by Crippen LogP contribution is -2.34. The fraction of sp³-hybridized carbons (Fsp3) is 0.240. The molecule has 2 heterocycles. The van der Waals surface area contributed by atoms with Crippen LogP contribution in [0, 0.1) is 0 Å². The van der Waals surface area contributed by atoms with Crippen LogP contribution in [0.2, 0.25) is 5.02 Å². The summed E-state index contributed by atoms with van der Waals surface area (Å²) >= 11 is 6.34. The maximum atomic E-state index is 6.46.